The third kappa shape index (κ3) is 4.32. The average Bonchev–Trinajstić information content (AvgIpc) is 2.59. The largest absolute Gasteiger partial charge is 0.493 e. The van der Waals surface area contributed by atoms with E-state index in [4.69, 9.17) is 16.3 Å². The summed E-state index contributed by atoms with van der Waals surface area (Å²) in [5, 5.41) is 14.5. The van der Waals surface area contributed by atoms with Crippen molar-refractivity contribution in [2.45, 2.75) is 33.6 Å². The van der Waals surface area contributed by atoms with Gasteiger partial charge >= 0.3 is 0 Å². The number of hydrogen-bond acceptors (Lipinski definition) is 4. The smallest absolute Gasteiger partial charge is 0.273 e. The first-order valence-corrected chi connectivity index (χ1v) is 8.71. The van der Waals surface area contributed by atoms with Crippen LogP contribution in [0.2, 0.25) is 5.02 Å². The molecule has 0 saturated heterocycles. The van der Waals surface area contributed by atoms with E-state index in [1.807, 2.05) is 6.92 Å². The van der Waals surface area contributed by atoms with Gasteiger partial charge in [-0.05, 0) is 44.0 Å². The van der Waals surface area contributed by atoms with Crippen LogP contribution in [-0.4, -0.2) is 17.4 Å². The monoisotopic (exact) mass is 376 g/mol. The zero-order valence-corrected chi connectivity index (χ0v) is 15.7. The Hall–Kier alpha value is -2.60. The summed E-state index contributed by atoms with van der Waals surface area (Å²) in [5.41, 5.74) is 1.57. The predicted octanol–water partition coefficient (Wildman–Crippen LogP) is 5.30. The Kier molecular flexibility index (Phi) is 6.58. The van der Waals surface area contributed by atoms with Gasteiger partial charge in [0.25, 0.3) is 11.6 Å². The zero-order chi connectivity index (χ0) is 19.3. The van der Waals surface area contributed by atoms with Crippen molar-refractivity contribution in [2.24, 2.45) is 0 Å². The van der Waals surface area contributed by atoms with Gasteiger partial charge in [-0.1, -0.05) is 31.0 Å². The van der Waals surface area contributed by atoms with Crippen LogP contribution in [0.4, 0.5) is 11.4 Å². The molecule has 0 aliphatic carbocycles. The minimum absolute atomic E-state index is 0.124. The molecule has 0 aliphatic heterocycles. The number of amides is 1. The van der Waals surface area contributed by atoms with Gasteiger partial charge in [-0.25, -0.2) is 0 Å². The van der Waals surface area contributed by atoms with Crippen LogP contribution in [0, 0.1) is 24.0 Å². The Labute approximate surface area is 157 Å². The van der Waals surface area contributed by atoms with E-state index in [1.54, 1.807) is 32.0 Å². The molecule has 1 N–H and O–H groups in total. The molecule has 138 valence electrons. The van der Waals surface area contributed by atoms with E-state index in [-0.39, 0.29) is 16.8 Å². The summed E-state index contributed by atoms with van der Waals surface area (Å²) in [4.78, 5) is 23.6. The number of rotatable bonds is 7. The maximum atomic E-state index is 12.9. The highest BCUT2D eigenvalue weighted by molar-refractivity contribution is 6.31. The minimum Gasteiger partial charge on any atom is -0.493 e. The van der Waals surface area contributed by atoms with Crippen molar-refractivity contribution in [3.63, 3.8) is 0 Å². The molecule has 1 amide bonds. The van der Waals surface area contributed by atoms with E-state index >= 15 is 0 Å². The number of ether oxygens (including phenoxy) is 1. The molecule has 0 spiro atoms. The molecule has 26 heavy (non-hydrogen) atoms. The van der Waals surface area contributed by atoms with Crippen molar-refractivity contribution in [1.82, 2.24) is 0 Å². The van der Waals surface area contributed by atoms with Gasteiger partial charge in [0.15, 0.2) is 0 Å². The second-order valence-electron chi connectivity index (χ2n) is 5.91. The van der Waals surface area contributed by atoms with Crippen LogP contribution in [0.15, 0.2) is 30.3 Å². The highest BCUT2D eigenvalue weighted by atomic mass is 35.5. The third-order valence-corrected chi connectivity index (χ3v) is 4.50. The molecule has 0 unspecified atom stereocenters. The second kappa shape index (κ2) is 8.67. The van der Waals surface area contributed by atoms with Crippen LogP contribution >= 0.6 is 11.6 Å². The number of anilines is 1. The summed E-state index contributed by atoms with van der Waals surface area (Å²) in [6, 6.07) is 8.01. The van der Waals surface area contributed by atoms with E-state index in [9.17, 15) is 14.9 Å². The van der Waals surface area contributed by atoms with Gasteiger partial charge < -0.3 is 10.1 Å². The summed E-state index contributed by atoms with van der Waals surface area (Å²) in [6.07, 6.45) is 1.76. The maximum absolute atomic E-state index is 12.9. The molecule has 0 atom stereocenters. The van der Waals surface area contributed by atoms with Crippen molar-refractivity contribution in [3.8, 4) is 5.75 Å². The highest BCUT2D eigenvalue weighted by Crippen LogP contribution is 2.31. The summed E-state index contributed by atoms with van der Waals surface area (Å²) in [7, 11) is 0. The Balaban J connectivity index is 2.43. The Morgan fingerprint density at radius 1 is 1.23 bits per heavy atom. The summed E-state index contributed by atoms with van der Waals surface area (Å²) in [6.45, 7) is 5.80. The van der Waals surface area contributed by atoms with E-state index < -0.39 is 10.8 Å². The number of halogens is 1. The lowest BCUT2D eigenvalue weighted by Gasteiger charge is -2.15. The molecular weight excluding hydrogens is 356 g/mol. The first-order chi connectivity index (χ1) is 12.4. The van der Waals surface area contributed by atoms with Crippen LogP contribution in [0.5, 0.6) is 5.75 Å². The zero-order valence-electron chi connectivity index (χ0n) is 15.0. The van der Waals surface area contributed by atoms with Gasteiger partial charge in [0, 0.05) is 22.3 Å². The van der Waals surface area contributed by atoms with E-state index in [0.29, 0.717) is 23.1 Å². The van der Waals surface area contributed by atoms with Crippen LogP contribution in [-0.2, 0) is 0 Å². The van der Waals surface area contributed by atoms with Crippen LogP contribution in [0.3, 0.4) is 0 Å². The van der Waals surface area contributed by atoms with E-state index in [0.717, 1.165) is 18.4 Å². The first-order valence-electron chi connectivity index (χ1n) is 8.34. The standard InChI is InChI=1S/C19H21ClN2O4/c1-4-5-11-26-17-10-9-16(22(24)25)13(3)18(17)19(23)21-15-8-6-7-14(20)12(15)2/h6-10H,4-5,11H2,1-3H3,(H,21,23). The number of nitro groups is 1. The summed E-state index contributed by atoms with van der Waals surface area (Å²) in [5.74, 6) is -0.137. The number of carbonyl (C=O) groups is 1. The van der Waals surface area contributed by atoms with Crippen LogP contribution in [0.25, 0.3) is 0 Å². The van der Waals surface area contributed by atoms with Crippen LogP contribution in [0.1, 0.15) is 41.3 Å². The van der Waals surface area contributed by atoms with E-state index in [1.165, 1.54) is 12.1 Å². The molecule has 7 heteroatoms. The number of nitro benzene ring substituents is 1. The third-order valence-electron chi connectivity index (χ3n) is 4.09. The lowest BCUT2D eigenvalue weighted by atomic mass is 10.0. The van der Waals surface area contributed by atoms with Gasteiger partial charge in [0.1, 0.15) is 5.75 Å². The molecule has 2 aromatic carbocycles. The Bertz CT molecular complexity index is 837. The molecule has 0 heterocycles. The number of nitrogens with one attached hydrogen (secondary N) is 1. The lowest BCUT2D eigenvalue weighted by Crippen LogP contribution is -2.17. The molecule has 0 fully saturated rings. The molecule has 0 aromatic heterocycles. The lowest BCUT2D eigenvalue weighted by molar-refractivity contribution is -0.385. The Morgan fingerprint density at radius 2 is 1.96 bits per heavy atom. The maximum Gasteiger partial charge on any atom is 0.273 e. The Morgan fingerprint density at radius 3 is 2.62 bits per heavy atom. The average molecular weight is 377 g/mol. The fourth-order valence-corrected chi connectivity index (χ4v) is 2.70. The van der Waals surface area contributed by atoms with Crippen molar-refractivity contribution in [2.75, 3.05) is 11.9 Å². The van der Waals surface area contributed by atoms with Crippen molar-refractivity contribution in [1.29, 1.82) is 0 Å². The topological polar surface area (TPSA) is 81.5 Å². The fourth-order valence-electron chi connectivity index (χ4n) is 2.53. The summed E-state index contributed by atoms with van der Waals surface area (Å²) < 4.78 is 5.70. The van der Waals surface area contributed by atoms with Gasteiger partial charge in [0.05, 0.1) is 17.1 Å². The predicted molar refractivity (Wildman–Crippen MR) is 102 cm³/mol. The number of nitrogens with zero attached hydrogens (tertiary/aromatic N) is 1. The molecule has 0 saturated carbocycles. The number of unbranched alkanes of at least 4 members (excludes halogenated alkanes) is 1. The number of benzene rings is 2. The number of carbonyl (C=O) groups excluding carboxylic acids is 1. The second-order valence-corrected chi connectivity index (χ2v) is 6.32. The molecule has 0 radical (unpaired) electrons. The minimum atomic E-state index is -0.507. The van der Waals surface area contributed by atoms with Gasteiger partial charge in [-0.3, -0.25) is 14.9 Å². The molecular formula is C19H21ClN2O4. The molecule has 2 rings (SSSR count). The van der Waals surface area contributed by atoms with Crippen molar-refractivity contribution in [3.05, 3.63) is 62.2 Å². The number of hydrogen-bond donors (Lipinski definition) is 1. The molecule has 0 aliphatic rings. The summed E-state index contributed by atoms with van der Waals surface area (Å²) >= 11 is 6.09. The SMILES string of the molecule is CCCCOc1ccc([N+](=O)[O-])c(C)c1C(=O)Nc1cccc(Cl)c1C. The first kappa shape index (κ1) is 19.7. The highest BCUT2D eigenvalue weighted by Gasteiger charge is 2.24. The van der Waals surface area contributed by atoms with Crippen molar-refractivity contribution < 1.29 is 14.5 Å². The van der Waals surface area contributed by atoms with Crippen molar-refractivity contribution >= 4 is 28.9 Å². The van der Waals surface area contributed by atoms with Crippen LogP contribution < -0.4 is 10.1 Å². The van der Waals surface area contributed by atoms with Gasteiger partial charge in [-0.15, -0.1) is 0 Å². The van der Waals surface area contributed by atoms with Gasteiger partial charge in [0.2, 0.25) is 0 Å². The molecule has 6 nitrogen and oxygen atoms in total. The fraction of sp³-hybridized carbons (Fsp3) is 0.316. The molecule has 0 bridgehead atoms. The normalized spacial score (nSPS) is 10.5. The van der Waals surface area contributed by atoms with E-state index in [2.05, 4.69) is 5.32 Å². The van der Waals surface area contributed by atoms with Gasteiger partial charge in [-0.2, -0.15) is 0 Å². The molecule has 2 aromatic rings. The quantitative estimate of drug-likeness (QED) is 0.404.